The number of carbonyl (C=O) groups is 2. The van der Waals surface area contributed by atoms with Gasteiger partial charge in [0.05, 0.1) is 6.33 Å². The second kappa shape index (κ2) is 7.52. The van der Waals surface area contributed by atoms with Gasteiger partial charge < -0.3 is 20.3 Å². The monoisotopic (exact) mass is 282 g/mol. The van der Waals surface area contributed by atoms with E-state index in [0.717, 1.165) is 0 Å². The number of aliphatic carboxylic acids is 1. The molecule has 2 atom stereocenters. The molecule has 0 saturated carbocycles. The number of carboxylic acid groups (broad SMARTS) is 1. The van der Waals surface area contributed by atoms with Crippen molar-refractivity contribution in [2.24, 2.45) is 5.92 Å². The van der Waals surface area contributed by atoms with Crippen molar-refractivity contribution in [2.45, 2.75) is 45.8 Å². The van der Waals surface area contributed by atoms with Gasteiger partial charge in [-0.3, -0.25) is 0 Å². The van der Waals surface area contributed by atoms with Crippen molar-refractivity contribution < 1.29 is 14.7 Å². The normalized spacial score (nSPS) is 13.8. The SMILES string of the molecule is CC(C)CC(NC(=O)NC(C)Cn1ccnc1)C(=O)O. The van der Waals surface area contributed by atoms with E-state index in [1.165, 1.54) is 0 Å². The fraction of sp³-hybridized carbons (Fsp3) is 0.615. The standard InChI is InChI=1S/C13H22N4O3/c1-9(2)6-11(12(18)19)16-13(20)15-10(3)7-17-5-4-14-8-17/h4-5,8-11H,6-7H2,1-3H3,(H,18,19)(H2,15,16,20). The van der Waals surface area contributed by atoms with E-state index in [1.807, 2.05) is 25.3 Å². The molecule has 0 bridgehead atoms. The Morgan fingerprint density at radius 2 is 2.00 bits per heavy atom. The van der Waals surface area contributed by atoms with Crippen molar-refractivity contribution in [1.82, 2.24) is 20.2 Å². The maximum atomic E-state index is 11.8. The van der Waals surface area contributed by atoms with E-state index >= 15 is 0 Å². The first-order valence-electron chi connectivity index (χ1n) is 6.64. The number of nitrogens with one attached hydrogen (secondary N) is 2. The summed E-state index contributed by atoms with van der Waals surface area (Å²) < 4.78 is 1.84. The van der Waals surface area contributed by atoms with Crippen LogP contribution >= 0.6 is 0 Å². The van der Waals surface area contributed by atoms with Crippen LogP contribution in [0.2, 0.25) is 0 Å². The first-order valence-corrected chi connectivity index (χ1v) is 6.64. The van der Waals surface area contributed by atoms with Crippen molar-refractivity contribution in [1.29, 1.82) is 0 Å². The summed E-state index contributed by atoms with van der Waals surface area (Å²) in [5.41, 5.74) is 0. The Morgan fingerprint density at radius 1 is 1.30 bits per heavy atom. The summed E-state index contributed by atoms with van der Waals surface area (Å²) in [5, 5.41) is 14.3. The van der Waals surface area contributed by atoms with Crippen LogP contribution in [0.4, 0.5) is 4.79 Å². The van der Waals surface area contributed by atoms with Crippen LogP contribution in [-0.2, 0) is 11.3 Å². The molecule has 0 fully saturated rings. The Kier molecular flexibility index (Phi) is 6.02. The lowest BCUT2D eigenvalue weighted by atomic mass is 10.0. The van der Waals surface area contributed by atoms with Gasteiger partial charge in [0, 0.05) is 25.0 Å². The molecular formula is C13H22N4O3. The Balaban J connectivity index is 2.42. The van der Waals surface area contributed by atoms with Crippen molar-refractivity contribution in [3.8, 4) is 0 Å². The molecule has 0 aliphatic rings. The number of amides is 2. The minimum Gasteiger partial charge on any atom is -0.480 e. The lowest BCUT2D eigenvalue weighted by Crippen LogP contribution is -2.49. The molecule has 1 rings (SSSR count). The lowest BCUT2D eigenvalue weighted by molar-refractivity contribution is -0.139. The number of rotatable bonds is 7. The zero-order valence-corrected chi connectivity index (χ0v) is 12.0. The molecule has 1 aromatic rings. The average Bonchev–Trinajstić information content (AvgIpc) is 2.79. The maximum absolute atomic E-state index is 11.8. The van der Waals surface area contributed by atoms with Gasteiger partial charge in [-0.1, -0.05) is 13.8 Å². The summed E-state index contributed by atoms with van der Waals surface area (Å²) in [6, 6.07) is -1.46. The number of hydrogen-bond donors (Lipinski definition) is 3. The van der Waals surface area contributed by atoms with E-state index < -0.39 is 18.0 Å². The van der Waals surface area contributed by atoms with Gasteiger partial charge in [-0.2, -0.15) is 0 Å². The zero-order chi connectivity index (χ0) is 15.1. The van der Waals surface area contributed by atoms with Gasteiger partial charge in [0.2, 0.25) is 0 Å². The Morgan fingerprint density at radius 3 is 2.50 bits per heavy atom. The largest absolute Gasteiger partial charge is 0.480 e. The van der Waals surface area contributed by atoms with Crippen LogP contribution in [0, 0.1) is 5.92 Å². The predicted octanol–water partition coefficient (Wildman–Crippen LogP) is 1.07. The molecule has 0 aromatic carbocycles. The molecule has 0 saturated heterocycles. The second-order valence-electron chi connectivity index (χ2n) is 5.30. The molecule has 0 radical (unpaired) electrons. The van der Waals surface area contributed by atoms with Crippen molar-refractivity contribution in [3.63, 3.8) is 0 Å². The average molecular weight is 282 g/mol. The van der Waals surface area contributed by atoms with Crippen LogP contribution in [-0.4, -0.2) is 38.7 Å². The van der Waals surface area contributed by atoms with Gasteiger partial charge in [-0.05, 0) is 19.3 Å². The summed E-state index contributed by atoms with van der Waals surface area (Å²) in [6.45, 7) is 6.25. The highest BCUT2D eigenvalue weighted by Gasteiger charge is 2.21. The van der Waals surface area contributed by atoms with E-state index in [1.54, 1.807) is 18.7 Å². The van der Waals surface area contributed by atoms with Crippen LogP contribution in [0.25, 0.3) is 0 Å². The van der Waals surface area contributed by atoms with Crippen molar-refractivity contribution >= 4 is 12.0 Å². The molecule has 2 amide bonds. The van der Waals surface area contributed by atoms with Crippen LogP contribution in [0.1, 0.15) is 27.2 Å². The molecule has 112 valence electrons. The number of nitrogens with zero attached hydrogens (tertiary/aromatic N) is 2. The third kappa shape index (κ3) is 5.73. The molecule has 0 aliphatic heterocycles. The van der Waals surface area contributed by atoms with E-state index in [2.05, 4.69) is 15.6 Å². The highest BCUT2D eigenvalue weighted by Crippen LogP contribution is 2.04. The quantitative estimate of drug-likeness (QED) is 0.697. The smallest absolute Gasteiger partial charge is 0.326 e. The molecule has 0 spiro atoms. The topological polar surface area (TPSA) is 96.3 Å². The van der Waals surface area contributed by atoms with Crippen LogP contribution in [0.15, 0.2) is 18.7 Å². The molecule has 2 unspecified atom stereocenters. The molecule has 7 nitrogen and oxygen atoms in total. The summed E-state index contributed by atoms with van der Waals surface area (Å²) >= 11 is 0. The Hall–Kier alpha value is -2.05. The number of carboxylic acids is 1. The lowest BCUT2D eigenvalue weighted by Gasteiger charge is -2.19. The molecule has 3 N–H and O–H groups in total. The van der Waals surface area contributed by atoms with Gasteiger partial charge in [0.15, 0.2) is 0 Å². The minimum atomic E-state index is -1.02. The number of imidazole rings is 1. The summed E-state index contributed by atoms with van der Waals surface area (Å²) in [4.78, 5) is 26.7. The number of hydrogen-bond acceptors (Lipinski definition) is 3. The second-order valence-corrected chi connectivity index (χ2v) is 5.30. The fourth-order valence-corrected chi connectivity index (χ4v) is 1.87. The van der Waals surface area contributed by atoms with Crippen molar-refractivity contribution in [2.75, 3.05) is 0 Å². The molecule has 1 heterocycles. The van der Waals surface area contributed by atoms with Crippen LogP contribution in [0.3, 0.4) is 0 Å². The maximum Gasteiger partial charge on any atom is 0.326 e. The van der Waals surface area contributed by atoms with Crippen LogP contribution in [0.5, 0.6) is 0 Å². The molecule has 1 aromatic heterocycles. The van der Waals surface area contributed by atoms with E-state index in [0.29, 0.717) is 13.0 Å². The molecule has 7 heteroatoms. The van der Waals surface area contributed by atoms with Gasteiger partial charge >= 0.3 is 12.0 Å². The molecule has 20 heavy (non-hydrogen) atoms. The highest BCUT2D eigenvalue weighted by molar-refractivity contribution is 5.82. The number of carbonyl (C=O) groups excluding carboxylic acids is 1. The van der Waals surface area contributed by atoms with Crippen LogP contribution < -0.4 is 10.6 Å². The van der Waals surface area contributed by atoms with E-state index in [-0.39, 0.29) is 12.0 Å². The highest BCUT2D eigenvalue weighted by atomic mass is 16.4. The third-order valence-corrected chi connectivity index (χ3v) is 2.73. The Bertz CT molecular complexity index is 431. The van der Waals surface area contributed by atoms with Gasteiger partial charge in [-0.15, -0.1) is 0 Å². The van der Waals surface area contributed by atoms with Gasteiger partial charge in [0.25, 0.3) is 0 Å². The summed E-state index contributed by atoms with van der Waals surface area (Å²) in [6.07, 6.45) is 5.53. The fourth-order valence-electron chi connectivity index (χ4n) is 1.87. The summed E-state index contributed by atoms with van der Waals surface area (Å²) in [5.74, 6) is -0.823. The van der Waals surface area contributed by atoms with E-state index in [4.69, 9.17) is 5.11 Å². The number of aromatic nitrogens is 2. The number of urea groups is 1. The molecule has 0 aliphatic carbocycles. The van der Waals surface area contributed by atoms with Gasteiger partial charge in [-0.25, -0.2) is 14.6 Å². The van der Waals surface area contributed by atoms with E-state index in [9.17, 15) is 9.59 Å². The third-order valence-electron chi connectivity index (χ3n) is 2.73. The zero-order valence-electron chi connectivity index (χ0n) is 12.0. The predicted molar refractivity (Wildman–Crippen MR) is 74.2 cm³/mol. The van der Waals surface area contributed by atoms with Crippen molar-refractivity contribution in [3.05, 3.63) is 18.7 Å². The summed E-state index contributed by atoms with van der Waals surface area (Å²) in [7, 11) is 0. The first-order chi connectivity index (χ1) is 9.38. The first kappa shape index (κ1) is 16.0. The van der Waals surface area contributed by atoms with Gasteiger partial charge in [0.1, 0.15) is 6.04 Å². The Labute approximate surface area is 118 Å². The minimum absolute atomic E-state index is 0.127. The molecular weight excluding hydrogens is 260 g/mol.